The summed E-state index contributed by atoms with van der Waals surface area (Å²) in [6, 6.07) is 18.4. The van der Waals surface area contributed by atoms with Crippen molar-refractivity contribution in [1.29, 1.82) is 0 Å². The molecule has 8 heteroatoms. The number of alkyl carbamates (subject to hydrolysis) is 2. The van der Waals surface area contributed by atoms with E-state index in [-0.39, 0.29) is 38.9 Å². The summed E-state index contributed by atoms with van der Waals surface area (Å²) in [6.07, 6.45) is 3.56. The van der Waals surface area contributed by atoms with Crippen LogP contribution in [0.4, 0.5) is 9.59 Å². The minimum Gasteiger partial charge on any atom is -0.444 e. The third-order valence-electron chi connectivity index (χ3n) is 3.56. The molecule has 0 unspecified atom stereocenters. The second kappa shape index (κ2) is 13.4. The van der Waals surface area contributed by atoms with Crippen molar-refractivity contribution in [2.45, 2.75) is 13.2 Å². The number of guanidine groups is 1. The Morgan fingerprint density at radius 2 is 1.37 bits per heavy atom. The van der Waals surface area contributed by atoms with Crippen molar-refractivity contribution < 1.29 is 23.8 Å². The van der Waals surface area contributed by atoms with E-state index >= 15 is 0 Å². The van der Waals surface area contributed by atoms with E-state index in [1.165, 1.54) is 0 Å². The van der Waals surface area contributed by atoms with Crippen molar-refractivity contribution >= 4 is 18.1 Å². The van der Waals surface area contributed by atoms with Gasteiger partial charge < -0.3 is 14.2 Å². The fourth-order valence-electron chi connectivity index (χ4n) is 2.18. The Kier molecular flexibility index (Phi) is 10.0. The number of rotatable bonds is 8. The highest BCUT2D eigenvalue weighted by Crippen LogP contribution is 2.01. The highest BCUT2D eigenvalue weighted by Gasteiger charge is 2.12. The van der Waals surface area contributed by atoms with Gasteiger partial charge in [-0.15, -0.1) is 6.42 Å². The van der Waals surface area contributed by atoms with Crippen molar-refractivity contribution in [1.82, 2.24) is 10.6 Å². The Morgan fingerprint density at radius 1 is 0.867 bits per heavy atom. The second-order valence-corrected chi connectivity index (χ2v) is 5.86. The Hall–Kier alpha value is -3.83. The molecule has 0 aliphatic rings. The molecule has 8 nitrogen and oxygen atoms in total. The minimum absolute atomic E-state index is 0.0731. The van der Waals surface area contributed by atoms with E-state index in [1.807, 2.05) is 60.7 Å². The lowest BCUT2D eigenvalue weighted by Gasteiger charge is -2.12. The molecule has 0 saturated carbocycles. The van der Waals surface area contributed by atoms with Crippen LogP contribution in [0.15, 0.2) is 65.7 Å². The quantitative estimate of drug-likeness (QED) is 0.302. The fourth-order valence-corrected chi connectivity index (χ4v) is 2.18. The Morgan fingerprint density at radius 3 is 1.83 bits per heavy atom. The smallest absolute Gasteiger partial charge is 0.414 e. The number of terminal acetylenes is 1. The van der Waals surface area contributed by atoms with Gasteiger partial charge in [0.25, 0.3) is 0 Å². The van der Waals surface area contributed by atoms with Gasteiger partial charge in [-0.05, 0) is 11.1 Å². The van der Waals surface area contributed by atoms with E-state index in [2.05, 4.69) is 21.5 Å². The zero-order valence-corrected chi connectivity index (χ0v) is 16.4. The normalized spacial score (nSPS) is 9.70. The molecule has 2 aromatic rings. The summed E-state index contributed by atoms with van der Waals surface area (Å²) in [6.45, 7) is 0.668. The topological polar surface area (TPSA) is 98.3 Å². The molecule has 0 heterocycles. The first kappa shape index (κ1) is 22.5. The number of ether oxygens (including phenoxy) is 3. The second-order valence-electron chi connectivity index (χ2n) is 5.86. The molecule has 0 bridgehead atoms. The summed E-state index contributed by atoms with van der Waals surface area (Å²) in [7, 11) is 0. The summed E-state index contributed by atoms with van der Waals surface area (Å²) in [5.41, 5.74) is 1.65. The summed E-state index contributed by atoms with van der Waals surface area (Å²) in [5.74, 6) is 2.22. The fraction of sp³-hybridized carbons (Fsp3) is 0.227. The molecular weight excluding hydrogens is 386 g/mol. The Balaban J connectivity index is 1.86. The number of amides is 2. The molecule has 0 saturated heterocycles. The Labute approximate surface area is 175 Å². The molecule has 0 fully saturated rings. The van der Waals surface area contributed by atoms with Crippen LogP contribution in [-0.2, 0) is 27.4 Å². The average Bonchev–Trinajstić information content (AvgIpc) is 2.77. The van der Waals surface area contributed by atoms with Gasteiger partial charge in [0.2, 0.25) is 5.96 Å². The molecular formula is C22H23N3O5. The highest BCUT2D eigenvalue weighted by molar-refractivity contribution is 6.01. The molecule has 2 aromatic carbocycles. The molecule has 156 valence electrons. The molecule has 2 amide bonds. The van der Waals surface area contributed by atoms with Gasteiger partial charge >= 0.3 is 12.2 Å². The van der Waals surface area contributed by atoms with Crippen LogP contribution in [0.1, 0.15) is 11.1 Å². The minimum atomic E-state index is -0.773. The number of hydrogen-bond donors (Lipinski definition) is 2. The molecule has 0 spiro atoms. The van der Waals surface area contributed by atoms with E-state index in [1.54, 1.807) is 0 Å². The van der Waals surface area contributed by atoms with Crippen LogP contribution in [0.5, 0.6) is 0 Å². The zero-order valence-electron chi connectivity index (χ0n) is 16.4. The number of nitrogens with one attached hydrogen (secondary N) is 2. The van der Waals surface area contributed by atoms with E-state index in [0.717, 1.165) is 11.1 Å². The predicted molar refractivity (Wildman–Crippen MR) is 111 cm³/mol. The molecule has 0 aromatic heterocycles. The van der Waals surface area contributed by atoms with Gasteiger partial charge in [0.15, 0.2) is 0 Å². The van der Waals surface area contributed by atoms with Gasteiger partial charge in [0, 0.05) is 0 Å². The van der Waals surface area contributed by atoms with E-state index in [0.29, 0.717) is 0 Å². The first-order valence-corrected chi connectivity index (χ1v) is 9.18. The summed E-state index contributed by atoms with van der Waals surface area (Å²) in [5, 5.41) is 4.78. The van der Waals surface area contributed by atoms with Crippen molar-refractivity contribution in [3.05, 3.63) is 71.8 Å². The van der Waals surface area contributed by atoms with Crippen LogP contribution in [0, 0.1) is 12.3 Å². The van der Waals surface area contributed by atoms with Crippen LogP contribution >= 0.6 is 0 Å². The van der Waals surface area contributed by atoms with E-state index in [4.69, 9.17) is 20.6 Å². The third-order valence-corrected chi connectivity index (χ3v) is 3.56. The summed E-state index contributed by atoms with van der Waals surface area (Å²) < 4.78 is 15.4. The number of aliphatic imine (C=N–C) groups is 1. The van der Waals surface area contributed by atoms with Crippen molar-refractivity contribution in [2.75, 3.05) is 19.8 Å². The van der Waals surface area contributed by atoms with E-state index in [9.17, 15) is 9.59 Å². The molecule has 0 atom stereocenters. The van der Waals surface area contributed by atoms with E-state index < -0.39 is 12.2 Å². The lowest BCUT2D eigenvalue weighted by atomic mass is 10.2. The van der Waals surface area contributed by atoms with Crippen LogP contribution in [0.3, 0.4) is 0 Å². The monoisotopic (exact) mass is 409 g/mol. The molecule has 30 heavy (non-hydrogen) atoms. The first-order valence-electron chi connectivity index (χ1n) is 9.18. The molecule has 0 aliphatic heterocycles. The van der Waals surface area contributed by atoms with Gasteiger partial charge in [-0.3, -0.25) is 10.6 Å². The Bertz CT molecular complexity index is 804. The van der Waals surface area contributed by atoms with Gasteiger partial charge in [0.1, 0.15) is 19.8 Å². The number of nitrogens with zero attached hydrogens (tertiary/aromatic N) is 1. The van der Waals surface area contributed by atoms with Gasteiger partial charge in [0.05, 0.1) is 13.2 Å². The third kappa shape index (κ3) is 9.39. The molecule has 2 rings (SSSR count). The maximum Gasteiger partial charge on any atom is 0.414 e. The lowest BCUT2D eigenvalue weighted by molar-refractivity contribution is 0.141. The molecule has 0 radical (unpaired) electrons. The van der Waals surface area contributed by atoms with Crippen LogP contribution in [0.2, 0.25) is 0 Å². The number of carbonyl (C=O) groups excluding carboxylic acids is 2. The van der Waals surface area contributed by atoms with Crippen molar-refractivity contribution in [2.24, 2.45) is 4.99 Å². The maximum atomic E-state index is 12.1. The van der Waals surface area contributed by atoms with Crippen molar-refractivity contribution in [3.8, 4) is 12.3 Å². The largest absolute Gasteiger partial charge is 0.444 e. The standard InChI is InChI=1S/C22H23N3O5/c1-2-14-28-15-13-23-20(24-21(26)29-16-18-9-5-3-6-10-18)25-22(27)30-17-19-11-7-4-8-12-19/h1,3-12H,13-17H2,(H2,23,24,25,26,27). The van der Waals surface area contributed by atoms with Crippen molar-refractivity contribution in [3.63, 3.8) is 0 Å². The van der Waals surface area contributed by atoms with Crippen LogP contribution < -0.4 is 10.6 Å². The lowest BCUT2D eigenvalue weighted by Crippen LogP contribution is -2.44. The summed E-state index contributed by atoms with van der Waals surface area (Å²) >= 11 is 0. The highest BCUT2D eigenvalue weighted by atomic mass is 16.6. The SMILES string of the molecule is C#CCOCCN=C(NC(=O)OCc1ccccc1)NC(=O)OCc1ccccc1. The predicted octanol–water partition coefficient (Wildman–Crippen LogP) is 2.85. The number of benzene rings is 2. The molecule has 0 aliphatic carbocycles. The first-order chi connectivity index (χ1) is 14.7. The average molecular weight is 409 g/mol. The van der Waals surface area contributed by atoms with Gasteiger partial charge in [-0.1, -0.05) is 66.6 Å². The van der Waals surface area contributed by atoms with Crippen LogP contribution in [-0.4, -0.2) is 37.9 Å². The van der Waals surface area contributed by atoms with Crippen LogP contribution in [0.25, 0.3) is 0 Å². The maximum absolute atomic E-state index is 12.1. The molecule has 2 N–H and O–H groups in total. The number of carbonyl (C=O) groups is 2. The van der Waals surface area contributed by atoms with Gasteiger partial charge in [-0.2, -0.15) is 0 Å². The van der Waals surface area contributed by atoms with Gasteiger partial charge in [-0.25, -0.2) is 14.6 Å². The summed E-state index contributed by atoms with van der Waals surface area (Å²) in [4.78, 5) is 28.2. The zero-order chi connectivity index (χ0) is 21.4. The number of hydrogen-bond acceptors (Lipinski definition) is 6.